The summed E-state index contributed by atoms with van der Waals surface area (Å²) in [6, 6.07) is 7.87. The van der Waals surface area contributed by atoms with Crippen molar-refractivity contribution in [2.75, 3.05) is 19.0 Å². The lowest BCUT2D eigenvalue weighted by Gasteiger charge is -2.03. The number of hydrogen-bond donors (Lipinski definition) is 0. The maximum absolute atomic E-state index is 5.82. The second kappa shape index (κ2) is 5.61. The van der Waals surface area contributed by atoms with Crippen LogP contribution < -0.4 is 0 Å². The molecule has 1 aromatic carbocycles. The summed E-state index contributed by atoms with van der Waals surface area (Å²) < 4.78 is 11.0. The van der Waals surface area contributed by atoms with Gasteiger partial charge in [-0.05, 0) is 38.1 Å². The summed E-state index contributed by atoms with van der Waals surface area (Å²) in [6.45, 7) is 5.63. The molecule has 1 aliphatic heterocycles. The SMILES string of the molecule is CC1(C)OC1COCCSc1ccc(Cl)cc1. The van der Waals surface area contributed by atoms with E-state index in [1.165, 1.54) is 4.90 Å². The van der Waals surface area contributed by atoms with Crippen LogP contribution in [0, 0.1) is 0 Å². The first-order valence-electron chi connectivity index (χ1n) is 5.72. The number of rotatable bonds is 6. The summed E-state index contributed by atoms with van der Waals surface area (Å²) in [5.41, 5.74) is 0.0311. The van der Waals surface area contributed by atoms with E-state index in [9.17, 15) is 0 Å². The lowest BCUT2D eigenvalue weighted by atomic mass is 10.1. The van der Waals surface area contributed by atoms with Gasteiger partial charge in [0.15, 0.2) is 0 Å². The van der Waals surface area contributed by atoms with E-state index in [1.54, 1.807) is 11.8 Å². The third-order valence-corrected chi connectivity index (χ3v) is 3.97. The number of ether oxygens (including phenoxy) is 2. The Labute approximate surface area is 112 Å². The molecular formula is C13H17ClO2S. The summed E-state index contributed by atoms with van der Waals surface area (Å²) >= 11 is 7.59. The monoisotopic (exact) mass is 272 g/mol. The molecule has 94 valence electrons. The van der Waals surface area contributed by atoms with Gasteiger partial charge in [0.1, 0.15) is 6.10 Å². The number of epoxide rings is 1. The van der Waals surface area contributed by atoms with Crippen LogP contribution in [0.15, 0.2) is 29.2 Å². The molecule has 2 rings (SSSR count). The maximum Gasteiger partial charge on any atom is 0.110 e. The Bertz CT molecular complexity index is 364. The van der Waals surface area contributed by atoms with Gasteiger partial charge in [-0.1, -0.05) is 11.6 Å². The number of hydrogen-bond acceptors (Lipinski definition) is 3. The molecule has 17 heavy (non-hydrogen) atoms. The average molecular weight is 273 g/mol. The smallest absolute Gasteiger partial charge is 0.110 e. The van der Waals surface area contributed by atoms with Gasteiger partial charge in [-0.15, -0.1) is 11.8 Å². The van der Waals surface area contributed by atoms with E-state index in [4.69, 9.17) is 21.1 Å². The van der Waals surface area contributed by atoms with E-state index in [1.807, 2.05) is 24.3 Å². The average Bonchev–Trinajstić information content (AvgIpc) is 2.89. The van der Waals surface area contributed by atoms with Crippen molar-refractivity contribution in [1.29, 1.82) is 0 Å². The molecule has 1 aromatic rings. The molecule has 1 fully saturated rings. The van der Waals surface area contributed by atoms with Crippen molar-refractivity contribution in [3.8, 4) is 0 Å². The lowest BCUT2D eigenvalue weighted by molar-refractivity contribution is 0.130. The van der Waals surface area contributed by atoms with Crippen LogP contribution >= 0.6 is 23.4 Å². The first kappa shape index (κ1) is 13.2. The molecule has 0 amide bonds. The molecule has 0 N–H and O–H groups in total. The van der Waals surface area contributed by atoms with Crippen molar-refractivity contribution in [3.05, 3.63) is 29.3 Å². The summed E-state index contributed by atoms with van der Waals surface area (Å²) in [5, 5.41) is 0.777. The third kappa shape index (κ3) is 4.18. The predicted octanol–water partition coefficient (Wildman–Crippen LogP) is 3.63. The fraction of sp³-hybridized carbons (Fsp3) is 0.538. The first-order chi connectivity index (χ1) is 8.08. The second-order valence-corrected chi connectivity index (χ2v) is 6.19. The summed E-state index contributed by atoms with van der Waals surface area (Å²) in [6.07, 6.45) is 0.281. The topological polar surface area (TPSA) is 21.8 Å². The number of benzene rings is 1. The molecular weight excluding hydrogens is 256 g/mol. The zero-order chi connectivity index (χ0) is 12.3. The lowest BCUT2D eigenvalue weighted by Crippen LogP contribution is -2.11. The van der Waals surface area contributed by atoms with E-state index in [0.29, 0.717) is 6.61 Å². The summed E-state index contributed by atoms with van der Waals surface area (Å²) in [7, 11) is 0. The summed E-state index contributed by atoms with van der Waals surface area (Å²) in [5.74, 6) is 0.953. The van der Waals surface area contributed by atoms with Gasteiger partial charge in [0.25, 0.3) is 0 Å². The minimum absolute atomic E-state index is 0.0311. The van der Waals surface area contributed by atoms with Crippen LogP contribution in [0.3, 0.4) is 0 Å². The van der Waals surface area contributed by atoms with Crippen molar-refractivity contribution < 1.29 is 9.47 Å². The Morgan fingerprint density at radius 1 is 1.35 bits per heavy atom. The van der Waals surface area contributed by atoms with Crippen LogP contribution in [0.5, 0.6) is 0 Å². The van der Waals surface area contributed by atoms with Crippen molar-refractivity contribution in [1.82, 2.24) is 0 Å². The van der Waals surface area contributed by atoms with E-state index in [2.05, 4.69) is 13.8 Å². The molecule has 1 atom stereocenters. The molecule has 0 spiro atoms. The molecule has 0 aromatic heterocycles. The van der Waals surface area contributed by atoms with E-state index < -0.39 is 0 Å². The minimum atomic E-state index is 0.0311. The normalized spacial score (nSPS) is 21.5. The fourth-order valence-corrected chi connectivity index (χ4v) is 2.40. The van der Waals surface area contributed by atoms with Crippen molar-refractivity contribution in [2.45, 2.75) is 30.4 Å². The Balaban J connectivity index is 1.56. The zero-order valence-electron chi connectivity index (χ0n) is 10.1. The maximum atomic E-state index is 5.82. The highest BCUT2D eigenvalue weighted by atomic mass is 35.5. The molecule has 1 aliphatic rings. The Hall–Kier alpha value is -0.220. The van der Waals surface area contributed by atoms with E-state index in [-0.39, 0.29) is 11.7 Å². The molecule has 1 saturated heterocycles. The molecule has 0 aliphatic carbocycles. The fourth-order valence-electron chi connectivity index (χ4n) is 1.51. The van der Waals surface area contributed by atoms with Crippen LogP contribution in [0.25, 0.3) is 0 Å². The molecule has 1 unspecified atom stereocenters. The van der Waals surface area contributed by atoms with Gasteiger partial charge >= 0.3 is 0 Å². The van der Waals surface area contributed by atoms with Crippen LogP contribution in [0.2, 0.25) is 5.02 Å². The highest BCUT2D eigenvalue weighted by Gasteiger charge is 2.47. The number of thioether (sulfide) groups is 1. The third-order valence-electron chi connectivity index (χ3n) is 2.74. The van der Waals surface area contributed by atoms with Crippen molar-refractivity contribution in [3.63, 3.8) is 0 Å². The highest BCUT2D eigenvalue weighted by Crippen LogP contribution is 2.35. The van der Waals surface area contributed by atoms with Crippen LogP contribution in [-0.4, -0.2) is 30.7 Å². The standard InChI is InChI=1S/C13H17ClO2S/c1-13(2)12(16-13)9-15-7-8-17-11-5-3-10(14)4-6-11/h3-6,12H,7-9H2,1-2H3. The van der Waals surface area contributed by atoms with Gasteiger partial charge in [0, 0.05) is 15.7 Å². The highest BCUT2D eigenvalue weighted by molar-refractivity contribution is 7.99. The summed E-state index contributed by atoms with van der Waals surface area (Å²) in [4.78, 5) is 1.22. The van der Waals surface area contributed by atoms with Gasteiger partial charge in [0.05, 0.1) is 18.8 Å². The first-order valence-corrected chi connectivity index (χ1v) is 7.08. The molecule has 2 nitrogen and oxygen atoms in total. The minimum Gasteiger partial charge on any atom is -0.378 e. The quantitative estimate of drug-likeness (QED) is 0.448. The molecule has 4 heteroatoms. The molecule has 1 heterocycles. The van der Waals surface area contributed by atoms with Crippen LogP contribution in [0.1, 0.15) is 13.8 Å². The van der Waals surface area contributed by atoms with Crippen LogP contribution in [0.4, 0.5) is 0 Å². The van der Waals surface area contributed by atoms with Gasteiger partial charge in [0.2, 0.25) is 0 Å². The molecule has 0 bridgehead atoms. The van der Waals surface area contributed by atoms with Gasteiger partial charge in [-0.2, -0.15) is 0 Å². The largest absolute Gasteiger partial charge is 0.378 e. The van der Waals surface area contributed by atoms with E-state index in [0.717, 1.165) is 17.4 Å². The molecule has 0 saturated carbocycles. The van der Waals surface area contributed by atoms with E-state index >= 15 is 0 Å². The molecule has 0 radical (unpaired) electrons. The zero-order valence-corrected chi connectivity index (χ0v) is 11.7. The Morgan fingerprint density at radius 3 is 2.59 bits per heavy atom. The second-order valence-electron chi connectivity index (χ2n) is 4.59. The Kier molecular flexibility index (Phi) is 4.36. The Morgan fingerprint density at radius 2 is 2.00 bits per heavy atom. The van der Waals surface area contributed by atoms with Crippen LogP contribution in [-0.2, 0) is 9.47 Å². The van der Waals surface area contributed by atoms with Crippen molar-refractivity contribution >= 4 is 23.4 Å². The van der Waals surface area contributed by atoms with Gasteiger partial charge < -0.3 is 9.47 Å². The van der Waals surface area contributed by atoms with Gasteiger partial charge in [-0.3, -0.25) is 0 Å². The predicted molar refractivity (Wildman–Crippen MR) is 71.9 cm³/mol. The number of halogens is 1. The van der Waals surface area contributed by atoms with Gasteiger partial charge in [-0.25, -0.2) is 0 Å². The van der Waals surface area contributed by atoms with Crippen molar-refractivity contribution in [2.24, 2.45) is 0 Å².